The Morgan fingerprint density at radius 3 is 2.12 bits per heavy atom. The quantitative estimate of drug-likeness (QED) is 0.161. The van der Waals surface area contributed by atoms with E-state index in [1.807, 2.05) is 23.2 Å². The molecular formula is C37H54N2O2. The van der Waals surface area contributed by atoms with Crippen LogP contribution in [0.25, 0.3) is 0 Å². The zero-order valence-electron chi connectivity index (χ0n) is 26.3. The van der Waals surface area contributed by atoms with Gasteiger partial charge in [0, 0.05) is 30.8 Å². The molecule has 1 aliphatic rings. The molecule has 0 saturated heterocycles. The SMILES string of the molecule is CCCCCCCCCCCCCCOc1cccc(CN(C(C)=O)c2ccc(CC3(C)C=C(C)C=NC3)cc2)c1. The van der Waals surface area contributed by atoms with E-state index in [-0.39, 0.29) is 11.3 Å². The summed E-state index contributed by atoms with van der Waals surface area (Å²) in [6, 6.07) is 16.6. The van der Waals surface area contributed by atoms with Gasteiger partial charge in [-0.2, -0.15) is 0 Å². The minimum absolute atomic E-state index is 0.0349. The lowest BCUT2D eigenvalue weighted by atomic mass is 9.81. The zero-order chi connectivity index (χ0) is 29.3. The first-order chi connectivity index (χ1) is 19.9. The fourth-order valence-corrected chi connectivity index (χ4v) is 5.83. The predicted octanol–water partition coefficient (Wildman–Crippen LogP) is 9.90. The molecule has 0 spiro atoms. The Morgan fingerprint density at radius 1 is 0.878 bits per heavy atom. The van der Waals surface area contributed by atoms with Gasteiger partial charge in [0.25, 0.3) is 0 Å². The minimum atomic E-state index is 0.0349. The number of benzene rings is 2. The molecule has 1 unspecified atom stereocenters. The van der Waals surface area contributed by atoms with Crippen LogP contribution in [-0.2, 0) is 17.8 Å². The molecule has 0 bridgehead atoms. The van der Waals surface area contributed by atoms with E-state index in [2.05, 4.69) is 68.2 Å². The molecule has 224 valence electrons. The summed E-state index contributed by atoms with van der Waals surface area (Å²) in [5, 5.41) is 0. The molecule has 1 aliphatic heterocycles. The highest BCUT2D eigenvalue weighted by atomic mass is 16.5. The van der Waals surface area contributed by atoms with Crippen LogP contribution < -0.4 is 9.64 Å². The maximum atomic E-state index is 12.6. The molecule has 1 amide bonds. The maximum absolute atomic E-state index is 12.6. The summed E-state index contributed by atoms with van der Waals surface area (Å²) in [5.41, 5.74) is 4.51. The van der Waals surface area contributed by atoms with E-state index in [0.717, 1.165) is 43.0 Å². The van der Waals surface area contributed by atoms with E-state index in [4.69, 9.17) is 4.74 Å². The van der Waals surface area contributed by atoms with Crippen molar-refractivity contribution >= 4 is 17.8 Å². The average molecular weight is 559 g/mol. The fraction of sp³-hybridized carbons (Fsp3) is 0.568. The smallest absolute Gasteiger partial charge is 0.224 e. The van der Waals surface area contributed by atoms with Gasteiger partial charge in [-0.05, 0) is 60.7 Å². The Labute approximate surface area is 250 Å². The second-order valence-electron chi connectivity index (χ2n) is 12.3. The number of unbranched alkanes of at least 4 members (excludes halogenated alkanes) is 11. The number of rotatable bonds is 19. The second kappa shape index (κ2) is 17.8. The molecule has 1 heterocycles. The standard InChI is InChI=1S/C37H54N2O2/c1-5-6-7-8-9-10-11-12-13-14-15-16-24-41-36-19-17-18-34(25-36)29-39(32(3)40)35-22-20-33(21-23-35)27-37(4)26-31(2)28-38-30-37/h17-23,25-26,28H,5-16,24,27,29-30H2,1-4H3. The van der Waals surface area contributed by atoms with E-state index in [9.17, 15) is 4.79 Å². The summed E-state index contributed by atoms with van der Waals surface area (Å²) in [6.45, 7) is 10.4. The summed E-state index contributed by atoms with van der Waals surface area (Å²) >= 11 is 0. The third-order valence-corrected chi connectivity index (χ3v) is 8.07. The van der Waals surface area contributed by atoms with Crippen LogP contribution in [0.5, 0.6) is 5.75 Å². The van der Waals surface area contributed by atoms with E-state index < -0.39 is 0 Å². The molecule has 0 aromatic heterocycles. The fourth-order valence-electron chi connectivity index (χ4n) is 5.83. The summed E-state index contributed by atoms with van der Waals surface area (Å²) in [4.78, 5) is 19.0. The number of hydrogen-bond donors (Lipinski definition) is 0. The van der Waals surface area contributed by atoms with Crippen molar-refractivity contribution < 1.29 is 9.53 Å². The normalized spacial score (nSPS) is 16.4. The van der Waals surface area contributed by atoms with Crippen molar-refractivity contribution in [2.24, 2.45) is 10.4 Å². The monoisotopic (exact) mass is 558 g/mol. The molecule has 41 heavy (non-hydrogen) atoms. The highest BCUT2D eigenvalue weighted by Gasteiger charge is 2.24. The molecule has 0 aliphatic carbocycles. The van der Waals surface area contributed by atoms with Gasteiger partial charge in [0.2, 0.25) is 5.91 Å². The van der Waals surface area contributed by atoms with Crippen molar-refractivity contribution in [1.82, 2.24) is 0 Å². The average Bonchev–Trinajstić information content (AvgIpc) is 2.94. The van der Waals surface area contributed by atoms with Crippen LogP contribution in [0, 0.1) is 5.41 Å². The molecule has 1 atom stereocenters. The van der Waals surface area contributed by atoms with Crippen LogP contribution in [0.3, 0.4) is 0 Å². The Bertz CT molecular complexity index is 1100. The van der Waals surface area contributed by atoms with Gasteiger partial charge >= 0.3 is 0 Å². The Morgan fingerprint density at radius 2 is 1.51 bits per heavy atom. The van der Waals surface area contributed by atoms with Gasteiger partial charge in [-0.3, -0.25) is 9.79 Å². The number of ether oxygens (including phenoxy) is 1. The second-order valence-corrected chi connectivity index (χ2v) is 12.3. The van der Waals surface area contributed by atoms with Crippen molar-refractivity contribution in [2.45, 2.75) is 118 Å². The van der Waals surface area contributed by atoms with E-state index in [1.165, 1.54) is 81.8 Å². The first-order valence-electron chi connectivity index (χ1n) is 16.2. The molecule has 2 aromatic rings. The topological polar surface area (TPSA) is 41.9 Å². The number of dihydropyridines is 1. The Balaban J connectivity index is 1.39. The van der Waals surface area contributed by atoms with Crippen molar-refractivity contribution in [1.29, 1.82) is 0 Å². The molecule has 4 nitrogen and oxygen atoms in total. The van der Waals surface area contributed by atoms with Crippen LogP contribution in [0.1, 0.15) is 116 Å². The van der Waals surface area contributed by atoms with Gasteiger partial charge < -0.3 is 9.64 Å². The maximum Gasteiger partial charge on any atom is 0.224 e. The number of carbonyl (C=O) groups excluding carboxylic acids is 1. The summed E-state index contributed by atoms with van der Waals surface area (Å²) < 4.78 is 6.07. The van der Waals surface area contributed by atoms with E-state index >= 15 is 0 Å². The van der Waals surface area contributed by atoms with E-state index in [1.54, 1.807) is 6.92 Å². The molecule has 4 heteroatoms. The van der Waals surface area contributed by atoms with Gasteiger partial charge in [0.1, 0.15) is 5.75 Å². The Hall–Kier alpha value is -2.88. The van der Waals surface area contributed by atoms with Crippen molar-refractivity contribution in [3.63, 3.8) is 0 Å². The van der Waals surface area contributed by atoms with Gasteiger partial charge in [0.15, 0.2) is 0 Å². The lowest BCUT2D eigenvalue weighted by Gasteiger charge is -2.28. The molecule has 3 rings (SSSR count). The number of aliphatic imine (C=N–C) groups is 1. The summed E-state index contributed by atoms with van der Waals surface area (Å²) in [5.74, 6) is 0.920. The van der Waals surface area contributed by atoms with Gasteiger partial charge in [-0.15, -0.1) is 0 Å². The number of amides is 1. The number of anilines is 1. The van der Waals surface area contributed by atoms with Crippen molar-refractivity contribution in [2.75, 3.05) is 18.1 Å². The first kappa shape index (κ1) is 32.6. The highest BCUT2D eigenvalue weighted by molar-refractivity contribution is 5.91. The molecule has 0 radical (unpaired) electrons. The van der Waals surface area contributed by atoms with Crippen LogP contribution >= 0.6 is 0 Å². The highest BCUT2D eigenvalue weighted by Crippen LogP contribution is 2.30. The van der Waals surface area contributed by atoms with Gasteiger partial charge in [0.05, 0.1) is 13.2 Å². The lowest BCUT2D eigenvalue weighted by Crippen LogP contribution is -2.28. The first-order valence-corrected chi connectivity index (χ1v) is 16.2. The van der Waals surface area contributed by atoms with Crippen LogP contribution in [0.4, 0.5) is 5.69 Å². The van der Waals surface area contributed by atoms with Crippen LogP contribution in [0.2, 0.25) is 0 Å². The molecule has 2 aromatic carbocycles. The molecular weight excluding hydrogens is 504 g/mol. The summed E-state index contributed by atoms with van der Waals surface area (Å²) in [7, 11) is 0. The number of hydrogen-bond acceptors (Lipinski definition) is 3. The number of nitrogens with zero attached hydrogens (tertiary/aromatic N) is 2. The Kier molecular flexibility index (Phi) is 14.2. The van der Waals surface area contributed by atoms with Crippen molar-refractivity contribution in [3.05, 3.63) is 71.3 Å². The third kappa shape index (κ3) is 12.3. The number of carbonyl (C=O) groups is 1. The van der Waals surface area contributed by atoms with Gasteiger partial charge in [-0.25, -0.2) is 0 Å². The van der Waals surface area contributed by atoms with Crippen molar-refractivity contribution in [3.8, 4) is 5.75 Å². The van der Waals surface area contributed by atoms with Gasteiger partial charge in [-0.1, -0.05) is 115 Å². The molecule has 0 fully saturated rings. The van der Waals surface area contributed by atoms with Crippen LogP contribution in [0.15, 0.2) is 65.2 Å². The minimum Gasteiger partial charge on any atom is -0.494 e. The largest absolute Gasteiger partial charge is 0.494 e. The van der Waals surface area contributed by atoms with E-state index in [0.29, 0.717) is 6.54 Å². The predicted molar refractivity (Wildman–Crippen MR) is 175 cm³/mol. The summed E-state index contributed by atoms with van der Waals surface area (Å²) in [6.07, 6.45) is 21.3. The number of allylic oxidation sites excluding steroid dienone is 1. The molecule has 0 N–H and O–H groups in total. The zero-order valence-corrected chi connectivity index (χ0v) is 26.3. The van der Waals surface area contributed by atoms with Crippen LogP contribution in [-0.4, -0.2) is 25.3 Å². The lowest BCUT2D eigenvalue weighted by molar-refractivity contribution is -0.116. The molecule has 0 saturated carbocycles. The third-order valence-electron chi connectivity index (χ3n) is 8.07.